The number of anilines is 1. The van der Waals surface area contributed by atoms with Gasteiger partial charge < -0.3 is 15.4 Å². The number of aromatic nitrogens is 2. The van der Waals surface area contributed by atoms with E-state index in [1.807, 2.05) is 68.4 Å². The van der Waals surface area contributed by atoms with E-state index in [2.05, 4.69) is 27.0 Å². The van der Waals surface area contributed by atoms with E-state index in [-0.39, 0.29) is 24.6 Å². The van der Waals surface area contributed by atoms with Crippen LogP contribution < -0.4 is 15.5 Å². The minimum absolute atomic E-state index is 0.180. The maximum atomic E-state index is 14.5. The number of amides is 3. The summed E-state index contributed by atoms with van der Waals surface area (Å²) in [5.74, 6) is -1.74. The standard InChI is InChI=1S/C41H44F3N7O4/c1-4-50-39-34(27(3)47-51(39)32-14-6-5-7-15-32)35(36(40(50)54)46-38(53)30-12-9-13-31(21-30)41(42,43)44)29-11-8-10-28(20-29)22-45-37(52)26(2)23-48-16-18-49(19-17-48)33-24-55-25-33/h5-15,20-21,33,35-36H,2,4,16-19,22-25H2,1,3H3,(H,45,52)(H,46,53)/t35-,36+/m0/s1. The molecule has 288 valence electrons. The second-order valence-electron chi connectivity index (χ2n) is 14.2. The van der Waals surface area contributed by atoms with E-state index in [0.717, 1.165) is 62.8 Å². The number of alkyl halides is 3. The van der Waals surface area contributed by atoms with Crippen molar-refractivity contribution in [1.29, 1.82) is 0 Å². The Balaban J connectivity index is 1.16. The summed E-state index contributed by atoms with van der Waals surface area (Å²) in [5, 5.41) is 10.6. The molecule has 14 heteroatoms. The van der Waals surface area contributed by atoms with Crippen molar-refractivity contribution in [3.63, 3.8) is 0 Å². The van der Waals surface area contributed by atoms with E-state index in [1.54, 1.807) is 9.58 Å². The van der Waals surface area contributed by atoms with Gasteiger partial charge in [0.2, 0.25) is 5.91 Å². The second kappa shape index (κ2) is 15.8. The van der Waals surface area contributed by atoms with Crippen molar-refractivity contribution in [2.24, 2.45) is 0 Å². The maximum absolute atomic E-state index is 14.5. The molecule has 7 rings (SSSR count). The molecule has 0 radical (unpaired) electrons. The highest BCUT2D eigenvalue weighted by molar-refractivity contribution is 6.05. The van der Waals surface area contributed by atoms with Crippen LogP contribution in [0, 0.1) is 6.92 Å². The number of para-hydroxylation sites is 1. The van der Waals surface area contributed by atoms with Crippen LogP contribution in [0.25, 0.3) is 5.69 Å². The molecule has 4 heterocycles. The van der Waals surface area contributed by atoms with Crippen molar-refractivity contribution in [3.8, 4) is 5.69 Å². The highest BCUT2D eigenvalue weighted by atomic mass is 19.4. The summed E-state index contributed by atoms with van der Waals surface area (Å²) < 4.78 is 47.8. The minimum Gasteiger partial charge on any atom is -0.378 e. The van der Waals surface area contributed by atoms with E-state index in [4.69, 9.17) is 9.84 Å². The number of fused-ring (bicyclic) bond motifs is 1. The molecule has 1 aromatic heterocycles. The minimum atomic E-state index is -4.65. The Labute approximate surface area is 317 Å². The topological polar surface area (TPSA) is 112 Å². The Morgan fingerprint density at radius 3 is 2.36 bits per heavy atom. The number of hydrogen-bond acceptors (Lipinski definition) is 7. The van der Waals surface area contributed by atoms with Crippen LogP contribution in [0.1, 0.15) is 51.1 Å². The van der Waals surface area contributed by atoms with Crippen LogP contribution in [-0.2, 0) is 27.0 Å². The molecule has 11 nitrogen and oxygen atoms in total. The molecule has 2 atom stereocenters. The first-order chi connectivity index (χ1) is 26.4. The van der Waals surface area contributed by atoms with E-state index in [9.17, 15) is 27.6 Å². The van der Waals surface area contributed by atoms with Gasteiger partial charge in [0.15, 0.2) is 0 Å². The van der Waals surface area contributed by atoms with Crippen molar-refractivity contribution in [3.05, 3.63) is 125 Å². The lowest BCUT2D eigenvalue weighted by atomic mass is 9.80. The van der Waals surface area contributed by atoms with Gasteiger partial charge in [-0.05, 0) is 55.3 Å². The zero-order chi connectivity index (χ0) is 38.9. The molecular weight excluding hydrogens is 711 g/mol. The van der Waals surface area contributed by atoms with Gasteiger partial charge in [-0.2, -0.15) is 18.3 Å². The molecule has 55 heavy (non-hydrogen) atoms. The maximum Gasteiger partial charge on any atom is 0.416 e. The molecule has 3 aliphatic heterocycles. The monoisotopic (exact) mass is 755 g/mol. The number of likely N-dealkylation sites (N-methyl/N-ethyl adjacent to an activating group) is 1. The summed E-state index contributed by atoms with van der Waals surface area (Å²) in [7, 11) is 0. The van der Waals surface area contributed by atoms with Gasteiger partial charge in [-0.25, -0.2) is 4.68 Å². The lowest BCUT2D eigenvalue weighted by Crippen LogP contribution is -2.56. The number of piperazine rings is 1. The predicted octanol–water partition coefficient (Wildman–Crippen LogP) is 4.69. The number of ether oxygens (including phenoxy) is 1. The molecule has 3 aliphatic rings. The van der Waals surface area contributed by atoms with E-state index in [1.165, 1.54) is 12.1 Å². The summed E-state index contributed by atoms with van der Waals surface area (Å²) in [6, 6.07) is 20.2. The first-order valence-electron chi connectivity index (χ1n) is 18.5. The predicted molar refractivity (Wildman–Crippen MR) is 201 cm³/mol. The highest BCUT2D eigenvalue weighted by Crippen LogP contribution is 2.43. The van der Waals surface area contributed by atoms with Crippen molar-refractivity contribution < 1.29 is 32.3 Å². The number of hydrogen-bond donors (Lipinski definition) is 2. The van der Waals surface area contributed by atoms with Crippen LogP contribution in [0.15, 0.2) is 91.0 Å². The number of halogens is 3. The lowest BCUT2D eigenvalue weighted by molar-refractivity contribution is -0.137. The second-order valence-corrected chi connectivity index (χ2v) is 14.2. The molecule has 0 spiro atoms. The number of nitrogens with one attached hydrogen (secondary N) is 2. The van der Waals surface area contributed by atoms with E-state index >= 15 is 0 Å². The number of rotatable bonds is 11. The largest absolute Gasteiger partial charge is 0.416 e. The van der Waals surface area contributed by atoms with Crippen molar-refractivity contribution in [2.45, 2.75) is 44.6 Å². The van der Waals surface area contributed by atoms with Crippen LogP contribution in [0.3, 0.4) is 0 Å². The molecule has 2 N–H and O–H groups in total. The molecule has 4 aromatic rings. The van der Waals surface area contributed by atoms with Crippen molar-refractivity contribution in [2.75, 3.05) is 57.4 Å². The van der Waals surface area contributed by atoms with E-state index in [0.29, 0.717) is 40.8 Å². The Bertz CT molecular complexity index is 2070. The fourth-order valence-corrected chi connectivity index (χ4v) is 7.62. The van der Waals surface area contributed by atoms with Crippen LogP contribution >= 0.6 is 0 Å². The summed E-state index contributed by atoms with van der Waals surface area (Å²) in [6.07, 6.45) is -4.65. The Morgan fingerprint density at radius 2 is 1.69 bits per heavy atom. The van der Waals surface area contributed by atoms with E-state index < -0.39 is 35.5 Å². The smallest absolute Gasteiger partial charge is 0.378 e. The number of carbonyl (C=O) groups excluding carboxylic acids is 3. The number of nitrogens with zero attached hydrogens (tertiary/aromatic N) is 5. The third-order valence-corrected chi connectivity index (χ3v) is 10.6. The van der Waals surface area contributed by atoms with Crippen molar-refractivity contribution in [1.82, 2.24) is 30.2 Å². The first kappa shape index (κ1) is 38.0. The van der Waals surface area contributed by atoms with Gasteiger partial charge in [0.1, 0.15) is 11.9 Å². The number of benzene rings is 3. The van der Waals surface area contributed by atoms with Crippen LogP contribution in [0.5, 0.6) is 0 Å². The highest BCUT2D eigenvalue weighted by Gasteiger charge is 2.46. The number of carbonyl (C=O) groups is 3. The van der Waals surface area contributed by atoms with Gasteiger partial charge in [0.25, 0.3) is 11.8 Å². The molecule has 0 aliphatic carbocycles. The zero-order valence-corrected chi connectivity index (χ0v) is 30.8. The Kier molecular flexibility index (Phi) is 10.9. The summed E-state index contributed by atoms with van der Waals surface area (Å²) in [6.45, 7) is 13.7. The van der Waals surface area contributed by atoms with Gasteiger partial charge in [0.05, 0.1) is 36.2 Å². The zero-order valence-electron chi connectivity index (χ0n) is 30.8. The SMILES string of the molecule is C=C(CN1CCN(C2COC2)CC1)C(=O)NCc1cccc([C@H]2c3c(C)nn(-c4ccccc4)c3N(CC)C(=O)[C@@H]2NC(=O)c2cccc(C(F)(F)F)c2)c1. The molecule has 3 aromatic carbocycles. The third-order valence-electron chi connectivity index (χ3n) is 10.6. The Hall–Kier alpha value is -5.31. The lowest BCUT2D eigenvalue weighted by Gasteiger charge is -2.42. The van der Waals surface area contributed by atoms with Gasteiger partial charge in [-0.1, -0.05) is 55.1 Å². The van der Waals surface area contributed by atoms with Gasteiger partial charge in [-0.3, -0.25) is 29.1 Å². The van der Waals surface area contributed by atoms with Gasteiger partial charge >= 0.3 is 6.18 Å². The van der Waals surface area contributed by atoms with Crippen molar-refractivity contribution >= 4 is 23.5 Å². The summed E-state index contributed by atoms with van der Waals surface area (Å²) >= 11 is 0. The average molecular weight is 756 g/mol. The summed E-state index contributed by atoms with van der Waals surface area (Å²) in [4.78, 5) is 47.6. The third kappa shape index (κ3) is 7.93. The van der Waals surface area contributed by atoms with Crippen LogP contribution in [0.4, 0.5) is 19.0 Å². The number of aryl methyl sites for hydroxylation is 1. The van der Waals surface area contributed by atoms with Gasteiger partial charge in [-0.15, -0.1) is 0 Å². The molecule has 0 bridgehead atoms. The molecular formula is C41H44F3N7O4. The molecule has 0 unspecified atom stereocenters. The fraction of sp³-hybridized carbons (Fsp3) is 0.366. The van der Waals surface area contributed by atoms with Crippen LogP contribution in [0.2, 0.25) is 0 Å². The van der Waals surface area contributed by atoms with Crippen LogP contribution in [-0.4, -0.2) is 102 Å². The summed E-state index contributed by atoms with van der Waals surface area (Å²) in [5.41, 5.74) is 2.72. The first-order valence-corrected chi connectivity index (χ1v) is 18.5. The molecule has 2 fully saturated rings. The normalized spacial score (nSPS) is 19.4. The molecule has 0 saturated carbocycles. The quantitative estimate of drug-likeness (QED) is 0.214. The molecule has 3 amide bonds. The Morgan fingerprint density at radius 1 is 0.964 bits per heavy atom. The molecule has 2 saturated heterocycles. The van der Waals surface area contributed by atoms with Gasteiger partial charge in [0, 0.05) is 68.4 Å². The fourth-order valence-electron chi connectivity index (χ4n) is 7.62. The average Bonchev–Trinajstić information content (AvgIpc) is 3.50.